The number of rotatable bonds is 8. The van der Waals surface area contributed by atoms with E-state index in [0.717, 1.165) is 38.6 Å². The Balaban J connectivity index is 2.78. The number of amides is 1. The van der Waals surface area contributed by atoms with Gasteiger partial charge in [0.1, 0.15) is 0 Å². The largest absolute Gasteiger partial charge is 0.393 e. The zero-order valence-electron chi connectivity index (χ0n) is 13.2. The Morgan fingerprint density at radius 2 is 1.90 bits per heavy atom. The van der Waals surface area contributed by atoms with Crippen molar-refractivity contribution in [3.63, 3.8) is 0 Å². The average Bonchev–Trinajstić information content (AvgIpc) is 2.89. The van der Waals surface area contributed by atoms with Gasteiger partial charge in [-0.2, -0.15) is 0 Å². The predicted molar refractivity (Wildman–Crippen MR) is 88.6 cm³/mol. The maximum Gasteiger partial charge on any atom is 0.232 e. The van der Waals surface area contributed by atoms with Crippen molar-refractivity contribution in [3.8, 4) is 0 Å². The zero-order chi connectivity index (χ0) is 15.1. The van der Waals surface area contributed by atoms with Crippen LogP contribution in [0.1, 0.15) is 65.7 Å². The van der Waals surface area contributed by atoms with E-state index in [1.54, 1.807) is 0 Å². The van der Waals surface area contributed by atoms with Crippen LogP contribution in [0.4, 0.5) is 0 Å². The quantitative estimate of drug-likeness (QED) is 0.698. The van der Waals surface area contributed by atoms with Gasteiger partial charge in [-0.3, -0.25) is 4.79 Å². The summed E-state index contributed by atoms with van der Waals surface area (Å²) in [6.07, 6.45) is 7.53. The van der Waals surface area contributed by atoms with Gasteiger partial charge in [0.25, 0.3) is 0 Å². The number of carbonyl (C=O) groups is 1. The fourth-order valence-corrected chi connectivity index (χ4v) is 3.18. The van der Waals surface area contributed by atoms with E-state index >= 15 is 0 Å². The Morgan fingerprint density at radius 3 is 2.35 bits per heavy atom. The summed E-state index contributed by atoms with van der Waals surface area (Å²) >= 11 is 5.12. The second kappa shape index (κ2) is 8.60. The number of hydrogen-bond donors (Lipinski definition) is 1. The first kappa shape index (κ1) is 17.4. The van der Waals surface area contributed by atoms with Crippen LogP contribution >= 0.6 is 12.2 Å². The maximum atomic E-state index is 12.8. The molecule has 1 unspecified atom stereocenters. The summed E-state index contributed by atoms with van der Waals surface area (Å²) in [6, 6.07) is 0.412. The molecule has 3 nitrogen and oxygen atoms in total. The molecular weight excluding hydrogens is 268 g/mol. The summed E-state index contributed by atoms with van der Waals surface area (Å²) in [7, 11) is 0. The lowest BCUT2D eigenvalue weighted by molar-refractivity contribution is -0.136. The molecule has 0 heterocycles. The highest BCUT2D eigenvalue weighted by atomic mass is 32.1. The molecule has 0 aromatic heterocycles. The van der Waals surface area contributed by atoms with Gasteiger partial charge in [0.05, 0.1) is 10.9 Å². The topological polar surface area (TPSA) is 46.3 Å². The third kappa shape index (κ3) is 5.04. The summed E-state index contributed by atoms with van der Waals surface area (Å²) < 4.78 is 0. The number of hydrogen-bond acceptors (Lipinski definition) is 2. The lowest BCUT2D eigenvalue weighted by Crippen LogP contribution is -2.46. The molecular formula is C16H30N2OS. The normalized spacial score (nSPS) is 17.4. The zero-order valence-corrected chi connectivity index (χ0v) is 14.0. The van der Waals surface area contributed by atoms with Crippen molar-refractivity contribution in [1.29, 1.82) is 0 Å². The Morgan fingerprint density at radius 1 is 1.30 bits per heavy atom. The van der Waals surface area contributed by atoms with Crippen LogP contribution in [0.25, 0.3) is 0 Å². The molecule has 0 spiro atoms. The van der Waals surface area contributed by atoms with Gasteiger partial charge in [-0.25, -0.2) is 0 Å². The van der Waals surface area contributed by atoms with Gasteiger partial charge < -0.3 is 10.6 Å². The molecule has 1 fully saturated rings. The average molecular weight is 298 g/mol. The molecule has 0 radical (unpaired) electrons. The van der Waals surface area contributed by atoms with Crippen LogP contribution in [-0.4, -0.2) is 28.4 Å². The van der Waals surface area contributed by atoms with Crippen LogP contribution < -0.4 is 5.73 Å². The summed E-state index contributed by atoms with van der Waals surface area (Å²) in [4.78, 5) is 15.3. The third-order valence-corrected chi connectivity index (χ3v) is 4.50. The Bertz CT molecular complexity index is 324. The van der Waals surface area contributed by atoms with E-state index in [0.29, 0.717) is 16.9 Å². The molecule has 1 aliphatic rings. The number of nitrogens with zero attached hydrogens (tertiary/aromatic N) is 1. The first-order valence-corrected chi connectivity index (χ1v) is 8.48. The molecule has 0 aromatic rings. The molecule has 1 aliphatic carbocycles. The lowest BCUT2D eigenvalue weighted by atomic mass is 9.99. The van der Waals surface area contributed by atoms with Crippen LogP contribution in [0, 0.1) is 11.8 Å². The molecule has 1 amide bonds. The monoisotopic (exact) mass is 298 g/mol. The molecule has 0 bridgehead atoms. The highest BCUT2D eigenvalue weighted by molar-refractivity contribution is 7.80. The van der Waals surface area contributed by atoms with E-state index < -0.39 is 0 Å². The molecule has 116 valence electrons. The van der Waals surface area contributed by atoms with Crippen LogP contribution in [0.15, 0.2) is 0 Å². The van der Waals surface area contributed by atoms with Crippen LogP contribution in [0.5, 0.6) is 0 Å². The molecule has 20 heavy (non-hydrogen) atoms. The minimum Gasteiger partial charge on any atom is -0.393 e. The van der Waals surface area contributed by atoms with Crippen LogP contribution in [-0.2, 0) is 4.79 Å². The SMILES string of the molecule is CCCC(C(=O)N(CCC(C)C)C1CCCC1)C(N)=S. The van der Waals surface area contributed by atoms with E-state index in [2.05, 4.69) is 25.7 Å². The lowest BCUT2D eigenvalue weighted by Gasteiger charge is -2.32. The van der Waals surface area contributed by atoms with E-state index in [9.17, 15) is 4.79 Å². The maximum absolute atomic E-state index is 12.8. The van der Waals surface area contributed by atoms with Crippen molar-refractivity contribution in [3.05, 3.63) is 0 Å². The number of nitrogens with two attached hydrogens (primary N) is 1. The summed E-state index contributed by atoms with van der Waals surface area (Å²) in [6.45, 7) is 7.33. The summed E-state index contributed by atoms with van der Waals surface area (Å²) in [5, 5.41) is 0. The Kier molecular flexibility index (Phi) is 7.49. The molecule has 2 N–H and O–H groups in total. The van der Waals surface area contributed by atoms with Crippen molar-refractivity contribution in [2.75, 3.05) is 6.54 Å². The second-order valence-electron chi connectivity index (χ2n) is 6.40. The Labute approximate surface area is 129 Å². The molecule has 1 atom stereocenters. The third-order valence-electron chi connectivity index (χ3n) is 4.21. The molecule has 1 rings (SSSR count). The Hall–Kier alpha value is -0.640. The minimum absolute atomic E-state index is 0.173. The van der Waals surface area contributed by atoms with Gasteiger partial charge in [-0.05, 0) is 31.6 Å². The van der Waals surface area contributed by atoms with Crippen molar-refractivity contribution in [2.24, 2.45) is 17.6 Å². The summed E-state index contributed by atoms with van der Waals surface area (Å²) in [5.41, 5.74) is 5.80. The van der Waals surface area contributed by atoms with E-state index in [-0.39, 0.29) is 11.8 Å². The van der Waals surface area contributed by atoms with Gasteiger partial charge in [-0.1, -0.05) is 52.3 Å². The number of thiocarbonyl (C=S) groups is 1. The van der Waals surface area contributed by atoms with E-state index in [1.807, 2.05) is 0 Å². The molecule has 1 saturated carbocycles. The molecule has 0 aliphatic heterocycles. The first-order valence-electron chi connectivity index (χ1n) is 8.07. The molecule has 4 heteroatoms. The van der Waals surface area contributed by atoms with Gasteiger partial charge in [0, 0.05) is 12.6 Å². The van der Waals surface area contributed by atoms with E-state index in [4.69, 9.17) is 18.0 Å². The van der Waals surface area contributed by atoms with E-state index in [1.165, 1.54) is 12.8 Å². The highest BCUT2D eigenvalue weighted by Crippen LogP contribution is 2.26. The first-order chi connectivity index (χ1) is 9.47. The van der Waals surface area contributed by atoms with Crippen LogP contribution in [0.2, 0.25) is 0 Å². The predicted octanol–water partition coefficient (Wildman–Crippen LogP) is 3.51. The molecule has 0 aromatic carbocycles. The van der Waals surface area contributed by atoms with Crippen molar-refractivity contribution >= 4 is 23.1 Å². The van der Waals surface area contributed by atoms with Gasteiger partial charge >= 0.3 is 0 Å². The van der Waals surface area contributed by atoms with Crippen molar-refractivity contribution in [1.82, 2.24) is 4.90 Å². The van der Waals surface area contributed by atoms with Crippen LogP contribution in [0.3, 0.4) is 0 Å². The van der Waals surface area contributed by atoms with Crippen molar-refractivity contribution in [2.45, 2.75) is 71.8 Å². The smallest absolute Gasteiger partial charge is 0.232 e. The van der Waals surface area contributed by atoms with Crippen molar-refractivity contribution < 1.29 is 4.79 Å². The number of carbonyl (C=O) groups excluding carboxylic acids is 1. The second-order valence-corrected chi connectivity index (χ2v) is 6.87. The fourth-order valence-electron chi connectivity index (χ4n) is 2.96. The highest BCUT2D eigenvalue weighted by Gasteiger charge is 2.32. The van der Waals surface area contributed by atoms with Gasteiger partial charge in [0.15, 0.2) is 0 Å². The van der Waals surface area contributed by atoms with Gasteiger partial charge in [0.2, 0.25) is 5.91 Å². The standard InChI is InChI=1S/C16H30N2OS/c1-4-7-14(15(17)20)16(19)18(11-10-12(2)3)13-8-5-6-9-13/h12-14H,4-11H2,1-3H3,(H2,17,20). The minimum atomic E-state index is -0.261. The molecule has 0 saturated heterocycles. The summed E-state index contributed by atoms with van der Waals surface area (Å²) in [5.74, 6) is 0.524. The fraction of sp³-hybridized carbons (Fsp3) is 0.875. The van der Waals surface area contributed by atoms with Gasteiger partial charge in [-0.15, -0.1) is 0 Å².